The van der Waals surface area contributed by atoms with Crippen LogP contribution in [0.2, 0.25) is 0 Å². The van der Waals surface area contributed by atoms with Gasteiger partial charge in [0, 0.05) is 19.2 Å². The molecule has 1 amide bonds. The maximum atomic E-state index is 12.3. The summed E-state index contributed by atoms with van der Waals surface area (Å²) in [4.78, 5) is 26.7. The monoisotopic (exact) mass is 287 g/mol. The maximum absolute atomic E-state index is 12.3. The first-order valence-electron chi connectivity index (χ1n) is 6.47. The molecule has 2 N–H and O–H groups in total. The SMILES string of the molecule is O=C(c1cc([N+](=O)[O-])c[nH]1)N1CCc2ccc(O)cc2C1. The van der Waals surface area contributed by atoms with Gasteiger partial charge in [0.2, 0.25) is 0 Å². The normalized spacial score (nSPS) is 13.8. The molecule has 0 aliphatic carbocycles. The van der Waals surface area contributed by atoms with Gasteiger partial charge in [0.1, 0.15) is 11.4 Å². The Morgan fingerprint density at radius 1 is 1.33 bits per heavy atom. The first-order chi connectivity index (χ1) is 10.0. The van der Waals surface area contributed by atoms with Crippen LogP contribution in [-0.2, 0) is 13.0 Å². The number of aromatic hydroxyl groups is 1. The van der Waals surface area contributed by atoms with Gasteiger partial charge in [-0.3, -0.25) is 14.9 Å². The Hall–Kier alpha value is -2.83. The summed E-state index contributed by atoms with van der Waals surface area (Å²) in [7, 11) is 0. The number of fused-ring (bicyclic) bond motifs is 1. The molecular formula is C14H13N3O4. The summed E-state index contributed by atoms with van der Waals surface area (Å²) in [6.07, 6.45) is 1.90. The van der Waals surface area contributed by atoms with Crippen LogP contribution in [0.1, 0.15) is 21.6 Å². The molecule has 0 saturated carbocycles. The van der Waals surface area contributed by atoms with Crippen molar-refractivity contribution < 1.29 is 14.8 Å². The van der Waals surface area contributed by atoms with Gasteiger partial charge >= 0.3 is 0 Å². The summed E-state index contributed by atoms with van der Waals surface area (Å²) >= 11 is 0. The van der Waals surface area contributed by atoms with E-state index in [9.17, 15) is 20.0 Å². The van der Waals surface area contributed by atoms with Gasteiger partial charge in [-0.05, 0) is 29.7 Å². The molecule has 108 valence electrons. The minimum atomic E-state index is -0.545. The number of amides is 1. The van der Waals surface area contributed by atoms with E-state index in [-0.39, 0.29) is 23.0 Å². The number of hydrogen-bond donors (Lipinski definition) is 2. The molecule has 7 heteroatoms. The second-order valence-electron chi connectivity index (χ2n) is 4.96. The smallest absolute Gasteiger partial charge is 0.287 e. The van der Waals surface area contributed by atoms with E-state index >= 15 is 0 Å². The molecule has 3 rings (SSSR count). The summed E-state index contributed by atoms with van der Waals surface area (Å²) in [6.45, 7) is 0.929. The second kappa shape index (κ2) is 4.93. The quantitative estimate of drug-likeness (QED) is 0.650. The number of aromatic nitrogens is 1. The fourth-order valence-electron chi connectivity index (χ4n) is 2.50. The number of nitrogens with one attached hydrogen (secondary N) is 1. The number of phenolic OH excluding ortho intramolecular Hbond substituents is 1. The van der Waals surface area contributed by atoms with E-state index in [0.29, 0.717) is 19.5 Å². The largest absolute Gasteiger partial charge is 0.508 e. The van der Waals surface area contributed by atoms with E-state index in [1.165, 1.54) is 12.3 Å². The molecule has 7 nitrogen and oxygen atoms in total. The predicted molar refractivity (Wildman–Crippen MR) is 74.0 cm³/mol. The van der Waals surface area contributed by atoms with Crippen LogP contribution < -0.4 is 0 Å². The van der Waals surface area contributed by atoms with Gasteiger partial charge < -0.3 is 15.0 Å². The Balaban J connectivity index is 1.81. The zero-order valence-electron chi connectivity index (χ0n) is 11.1. The molecule has 0 bridgehead atoms. The number of carbonyl (C=O) groups excluding carboxylic acids is 1. The van der Waals surface area contributed by atoms with E-state index < -0.39 is 4.92 Å². The van der Waals surface area contributed by atoms with E-state index in [2.05, 4.69) is 4.98 Å². The van der Waals surface area contributed by atoms with Gasteiger partial charge in [-0.15, -0.1) is 0 Å². The summed E-state index contributed by atoms with van der Waals surface area (Å²) < 4.78 is 0. The van der Waals surface area contributed by atoms with Crippen LogP contribution in [0.15, 0.2) is 30.5 Å². The van der Waals surface area contributed by atoms with Gasteiger partial charge in [0.05, 0.1) is 11.1 Å². The van der Waals surface area contributed by atoms with E-state index in [4.69, 9.17) is 0 Å². The average molecular weight is 287 g/mol. The van der Waals surface area contributed by atoms with Crippen LogP contribution in [0.5, 0.6) is 5.75 Å². The van der Waals surface area contributed by atoms with Crippen LogP contribution in [0.3, 0.4) is 0 Å². The van der Waals surface area contributed by atoms with Crippen molar-refractivity contribution >= 4 is 11.6 Å². The Bertz CT molecular complexity index is 723. The van der Waals surface area contributed by atoms with Crippen LogP contribution in [0.4, 0.5) is 5.69 Å². The Morgan fingerprint density at radius 3 is 2.86 bits per heavy atom. The zero-order chi connectivity index (χ0) is 15.0. The topological polar surface area (TPSA) is 99.5 Å². The Morgan fingerprint density at radius 2 is 2.14 bits per heavy atom. The van der Waals surface area contributed by atoms with Crippen LogP contribution >= 0.6 is 0 Å². The van der Waals surface area contributed by atoms with Crippen molar-refractivity contribution in [3.8, 4) is 5.75 Å². The Kier molecular flexibility index (Phi) is 3.09. The van der Waals surface area contributed by atoms with Gasteiger partial charge in [0.15, 0.2) is 0 Å². The third kappa shape index (κ3) is 2.45. The lowest BCUT2D eigenvalue weighted by Crippen LogP contribution is -2.36. The number of nitrogens with zero attached hydrogens (tertiary/aromatic N) is 2. The molecule has 1 aliphatic heterocycles. The summed E-state index contributed by atoms with van der Waals surface area (Å²) in [6, 6.07) is 6.36. The molecule has 0 spiro atoms. The lowest BCUT2D eigenvalue weighted by atomic mass is 9.99. The number of carbonyl (C=O) groups is 1. The van der Waals surface area contributed by atoms with Crippen molar-refractivity contribution in [2.75, 3.05) is 6.54 Å². The lowest BCUT2D eigenvalue weighted by Gasteiger charge is -2.28. The summed E-state index contributed by atoms with van der Waals surface area (Å²) in [5.74, 6) is -0.115. The molecule has 0 atom stereocenters. The zero-order valence-corrected chi connectivity index (χ0v) is 11.1. The number of benzene rings is 1. The first-order valence-corrected chi connectivity index (χ1v) is 6.47. The standard InChI is InChI=1S/C14H13N3O4/c18-12-2-1-9-3-4-16(8-10(9)5-12)14(19)13-6-11(7-15-13)17(20)21/h1-2,5-7,15,18H,3-4,8H2. The molecule has 1 aliphatic rings. The molecular weight excluding hydrogens is 274 g/mol. The highest BCUT2D eigenvalue weighted by Gasteiger charge is 2.24. The van der Waals surface area contributed by atoms with E-state index in [1.807, 2.05) is 6.07 Å². The number of aromatic amines is 1. The highest BCUT2D eigenvalue weighted by atomic mass is 16.6. The highest BCUT2D eigenvalue weighted by Crippen LogP contribution is 2.24. The third-order valence-corrected chi connectivity index (χ3v) is 3.60. The fraction of sp³-hybridized carbons (Fsp3) is 0.214. The third-order valence-electron chi connectivity index (χ3n) is 3.60. The molecule has 0 fully saturated rings. The first kappa shape index (κ1) is 13.2. The van der Waals surface area contributed by atoms with E-state index in [0.717, 1.165) is 11.1 Å². The van der Waals surface area contributed by atoms with Crippen molar-refractivity contribution in [2.45, 2.75) is 13.0 Å². The number of H-pyrrole nitrogens is 1. The molecule has 0 unspecified atom stereocenters. The van der Waals surface area contributed by atoms with Crippen molar-refractivity contribution in [3.63, 3.8) is 0 Å². The van der Waals surface area contributed by atoms with Gasteiger partial charge in [-0.1, -0.05) is 6.07 Å². The van der Waals surface area contributed by atoms with Crippen LogP contribution in [-0.4, -0.2) is 32.4 Å². The fourth-order valence-corrected chi connectivity index (χ4v) is 2.50. The number of nitro groups is 1. The molecule has 0 saturated heterocycles. The van der Waals surface area contributed by atoms with Crippen molar-refractivity contribution in [1.82, 2.24) is 9.88 Å². The van der Waals surface area contributed by atoms with Crippen molar-refractivity contribution in [1.29, 1.82) is 0 Å². The minimum Gasteiger partial charge on any atom is -0.508 e. The molecule has 1 aromatic carbocycles. The van der Waals surface area contributed by atoms with Crippen molar-refractivity contribution in [2.24, 2.45) is 0 Å². The molecule has 2 aromatic rings. The lowest BCUT2D eigenvalue weighted by molar-refractivity contribution is -0.384. The predicted octanol–water partition coefficient (Wildman–Crippen LogP) is 1.83. The molecule has 2 heterocycles. The minimum absolute atomic E-state index is 0.131. The molecule has 21 heavy (non-hydrogen) atoms. The highest BCUT2D eigenvalue weighted by molar-refractivity contribution is 5.93. The number of rotatable bonds is 2. The van der Waals surface area contributed by atoms with E-state index in [1.54, 1.807) is 17.0 Å². The number of hydrogen-bond acceptors (Lipinski definition) is 4. The average Bonchev–Trinajstić information content (AvgIpc) is 2.95. The van der Waals surface area contributed by atoms with Gasteiger partial charge in [-0.2, -0.15) is 0 Å². The van der Waals surface area contributed by atoms with Crippen LogP contribution in [0.25, 0.3) is 0 Å². The van der Waals surface area contributed by atoms with Gasteiger partial charge in [0.25, 0.3) is 11.6 Å². The summed E-state index contributed by atoms with van der Waals surface area (Å²) in [5.41, 5.74) is 2.07. The molecule has 0 radical (unpaired) electrons. The second-order valence-corrected chi connectivity index (χ2v) is 4.96. The number of phenols is 1. The maximum Gasteiger partial charge on any atom is 0.287 e. The van der Waals surface area contributed by atoms with Crippen molar-refractivity contribution in [3.05, 3.63) is 57.4 Å². The van der Waals surface area contributed by atoms with Crippen LogP contribution in [0, 0.1) is 10.1 Å². The molecule has 1 aromatic heterocycles. The Labute approximate surface area is 120 Å². The van der Waals surface area contributed by atoms with Gasteiger partial charge in [-0.25, -0.2) is 0 Å². The summed E-state index contributed by atoms with van der Waals surface area (Å²) in [5, 5.41) is 20.2.